The number of hydrogen-bond acceptors (Lipinski definition) is 5. The number of aliphatic carboxylic acids is 1. The van der Waals surface area contributed by atoms with Crippen LogP contribution >= 0.6 is 0 Å². The van der Waals surface area contributed by atoms with E-state index in [0.29, 0.717) is 5.56 Å². The molecule has 1 rings (SSSR count). The van der Waals surface area contributed by atoms with E-state index in [4.69, 9.17) is 9.84 Å². The molecule has 0 atom stereocenters. The molecule has 0 aliphatic rings. The largest absolute Gasteiger partial charge is 0.480 e. The van der Waals surface area contributed by atoms with Gasteiger partial charge in [0.15, 0.2) is 0 Å². The Kier molecular flexibility index (Phi) is 6.96. The van der Waals surface area contributed by atoms with E-state index in [0.717, 1.165) is 0 Å². The molecule has 22 heavy (non-hydrogen) atoms. The number of ether oxygens (including phenoxy) is 1. The molecule has 0 bridgehead atoms. The van der Waals surface area contributed by atoms with Crippen LogP contribution in [0.15, 0.2) is 29.2 Å². The first kappa shape index (κ1) is 18.1. The Hall–Kier alpha value is -1.97. The van der Waals surface area contributed by atoms with Gasteiger partial charge < -0.3 is 15.2 Å². The van der Waals surface area contributed by atoms with Crippen molar-refractivity contribution in [3.63, 3.8) is 0 Å². The van der Waals surface area contributed by atoms with Gasteiger partial charge in [-0.15, -0.1) is 0 Å². The zero-order valence-corrected chi connectivity index (χ0v) is 12.9. The molecule has 0 heterocycles. The molecule has 0 unspecified atom stereocenters. The minimum atomic E-state index is -3.54. The summed E-state index contributed by atoms with van der Waals surface area (Å²) in [6, 6.07) is 5.48. The summed E-state index contributed by atoms with van der Waals surface area (Å²) < 4.78 is 30.6. The van der Waals surface area contributed by atoms with E-state index in [2.05, 4.69) is 10.0 Å². The number of hydrogen-bond donors (Lipinski definition) is 3. The lowest BCUT2D eigenvalue weighted by Gasteiger charge is -2.07. The van der Waals surface area contributed by atoms with Crippen molar-refractivity contribution >= 4 is 21.9 Å². The van der Waals surface area contributed by atoms with Crippen molar-refractivity contribution in [2.24, 2.45) is 0 Å². The summed E-state index contributed by atoms with van der Waals surface area (Å²) in [4.78, 5) is 22.1. The number of nitrogens with one attached hydrogen (secondary N) is 2. The van der Waals surface area contributed by atoms with Crippen LogP contribution in [0.4, 0.5) is 0 Å². The summed E-state index contributed by atoms with van der Waals surface area (Å²) in [5, 5.41) is 10.9. The van der Waals surface area contributed by atoms with Crippen LogP contribution in [0.3, 0.4) is 0 Å². The first-order valence-corrected chi connectivity index (χ1v) is 8.02. The second-order valence-corrected chi connectivity index (χ2v) is 5.99. The Labute approximate surface area is 128 Å². The topological polar surface area (TPSA) is 122 Å². The third-order valence-electron chi connectivity index (χ3n) is 2.52. The molecule has 0 saturated heterocycles. The minimum Gasteiger partial charge on any atom is -0.480 e. The van der Waals surface area contributed by atoms with Gasteiger partial charge in [-0.25, -0.2) is 17.9 Å². The molecule has 3 N–H and O–H groups in total. The highest BCUT2D eigenvalue weighted by molar-refractivity contribution is 7.89. The molecular weight excluding hydrogens is 312 g/mol. The third kappa shape index (κ3) is 5.80. The number of sulfonamides is 1. The van der Waals surface area contributed by atoms with E-state index in [1.807, 2.05) is 0 Å². The Morgan fingerprint density at radius 3 is 2.41 bits per heavy atom. The van der Waals surface area contributed by atoms with E-state index in [9.17, 15) is 18.0 Å². The molecule has 1 aromatic carbocycles. The lowest BCUT2D eigenvalue weighted by molar-refractivity contribution is -0.142. The number of carbonyl (C=O) groups excluding carboxylic acids is 1. The van der Waals surface area contributed by atoms with Crippen LogP contribution in [0, 0.1) is 0 Å². The van der Waals surface area contributed by atoms with Crippen molar-refractivity contribution in [2.45, 2.75) is 11.8 Å². The summed E-state index contributed by atoms with van der Waals surface area (Å²) in [7, 11) is -3.54. The molecule has 0 aliphatic carbocycles. The lowest BCUT2D eigenvalue weighted by atomic mass is 10.2. The summed E-state index contributed by atoms with van der Waals surface area (Å²) in [6.07, 6.45) is 0. The van der Waals surface area contributed by atoms with Crippen LogP contribution in [-0.4, -0.2) is 51.7 Å². The molecule has 0 fully saturated rings. The molecule has 1 aromatic rings. The molecule has 0 aromatic heterocycles. The maximum Gasteiger partial charge on any atom is 0.329 e. The molecule has 1 amide bonds. The van der Waals surface area contributed by atoms with Crippen LogP contribution in [0.1, 0.15) is 17.3 Å². The lowest BCUT2D eigenvalue weighted by Crippen LogP contribution is -2.28. The van der Waals surface area contributed by atoms with Crippen LogP contribution in [0.2, 0.25) is 0 Å². The Morgan fingerprint density at radius 2 is 1.86 bits per heavy atom. The molecule has 0 radical (unpaired) electrons. The highest BCUT2D eigenvalue weighted by atomic mass is 32.2. The van der Waals surface area contributed by atoms with Gasteiger partial charge in [0.1, 0.15) is 6.61 Å². The standard InChI is InChI=1S/C13H18N2O6S/c1-2-15-22(19,20)11-5-3-10(4-6-11)13(18)14-7-8-21-9-12(16)17/h3-6,15H,2,7-9H2,1H3,(H,14,18)(H,16,17). The van der Waals surface area contributed by atoms with Gasteiger partial charge in [-0.3, -0.25) is 4.79 Å². The monoisotopic (exact) mass is 330 g/mol. The maximum atomic E-state index is 11.8. The number of carboxylic acid groups (broad SMARTS) is 1. The smallest absolute Gasteiger partial charge is 0.329 e. The minimum absolute atomic E-state index is 0.0743. The third-order valence-corrected chi connectivity index (χ3v) is 4.08. The average Bonchev–Trinajstić information content (AvgIpc) is 2.46. The van der Waals surface area contributed by atoms with E-state index in [-0.39, 0.29) is 24.6 Å². The van der Waals surface area contributed by atoms with Gasteiger partial charge in [-0.05, 0) is 24.3 Å². The second-order valence-electron chi connectivity index (χ2n) is 4.23. The van der Waals surface area contributed by atoms with Gasteiger partial charge in [0.05, 0.1) is 11.5 Å². The van der Waals surface area contributed by atoms with Crippen molar-refractivity contribution in [1.29, 1.82) is 0 Å². The van der Waals surface area contributed by atoms with Crippen LogP contribution in [0.25, 0.3) is 0 Å². The second kappa shape index (κ2) is 8.47. The van der Waals surface area contributed by atoms with Crippen LogP contribution < -0.4 is 10.0 Å². The van der Waals surface area contributed by atoms with Gasteiger partial charge in [0, 0.05) is 18.7 Å². The maximum absolute atomic E-state index is 11.8. The van der Waals surface area contributed by atoms with Gasteiger partial charge in [0.25, 0.3) is 5.91 Å². The van der Waals surface area contributed by atoms with Gasteiger partial charge >= 0.3 is 5.97 Å². The molecule has 8 nitrogen and oxygen atoms in total. The zero-order valence-electron chi connectivity index (χ0n) is 12.0. The molecule has 9 heteroatoms. The molecule has 0 spiro atoms. The Bertz CT molecular complexity index is 612. The highest BCUT2D eigenvalue weighted by Crippen LogP contribution is 2.10. The summed E-state index contributed by atoms with van der Waals surface area (Å²) in [5.74, 6) is -1.48. The Morgan fingerprint density at radius 1 is 1.23 bits per heavy atom. The fraction of sp³-hybridized carbons (Fsp3) is 0.385. The molecule has 0 aliphatic heterocycles. The van der Waals surface area contributed by atoms with Crippen molar-refractivity contribution < 1.29 is 27.9 Å². The first-order chi connectivity index (χ1) is 10.4. The number of carboxylic acids is 1. The molecular formula is C13H18N2O6S. The fourth-order valence-corrected chi connectivity index (χ4v) is 2.60. The molecule has 0 saturated carbocycles. The zero-order chi connectivity index (χ0) is 16.6. The first-order valence-electron chi connectivity index (χ1n) is 6.54. The summed E-state index contributed by atoms with van der Waals surface area (Å²) in [6.45, 7) is 1.76. The van der Waals surface area contributed by atoms with Gasteiger partial charge in [0.2, 0.25) is 10.0 Å². The molecule has 122 valence electrons. The number of rotatable bonds is 9. The van der Waals surface area contributed by atoms with Crippen LogP contribution in [-0.2, 0) is 19.6 Å². The number of amides is 1. The van der Waals surface area contributed by atoms with Crippen LogP contribution in [0.5, 0.6) is 0 Å². The Balaban J connectivity index is 2.52. The fourth-order valence-electron chi connectivity index (χ4n) is 1.56. The number of carbonyl (C=O) groups is 2. The number of benzene rings is 1. The van der Waals surface area contributed by atoms with Gasteiger partial charge in [-0.2, -0.15) is 0 Å². The van der Waals surface area contributed by atoms with Crippen molar-refractivity contribution in [3.05, 3.63) is 29.8 Å². The van der Waals surface area contributed by atoms with E-state index < -0.39 is 28.5 Å². The van der Waals surface area contributed by atoms with Crippen molar-refractivity contribution in [1.82, 2.24) is 10.0 Å². The van der Waals surface area contributed by atoms with Crippen molar-refractivity contribution in [3.8, 4) is 0 Å². The van der Waals surface area contributed by atoms with Crippen molar-refractivity contribution in [2.75, 3.05) is 26.3 Å². The normalized spacial score (nSPS) is 11.1. The van der Waals surface area contributed by atoms with Gasteiger partial charge in [-0.1, -0.05) is 6.92 Å². The summed E-state index contributed by atoms with van der Waals surface area (Å²) in [5.41, 5.74) is 0.300. The quantitative estimate of drug-likeness (QED) is 0.540. The predicted molar refractivity (Wildman–Crippen MR) is 78.1 cm³/mol. The average molecular weight is 330 g/mol. The SMILES string of the molecule is CCNS(=O)(=O)c1ccc(C(=O)NCCOCC(=O)O)cc1. The predicted octanol–water partition coefficient (Wildman–Crippen LogP) is -0.184. The van der Waals surface area contributed by atoms with E-state index in [1.165, 1.54) is 24.3 Å². The van der Waals surface area contributed by atoms with E-state index >= 15 is 0 Å². The van der Waals surface area contributed by atoms with E-state index in [1.54, 1.807) is 6.92 Å². The highest BCUT2D eigenvalue weighted by Gasteiger charge is 2.13. The summed E-state index contributed by atoms with van der Waals surface area (Å²) >= 11 is 0.